The minimum Gasteiger partial charge on any atom is -0.298 e. The van der Waals surface area contributed by atoms with Crippen LogP contribution in [0, 0.1) is 0 Å². The van der Waals surface area contributed by atoms with Crippen LogP contribution in [-0.4, -0.2) is 21.1 Å². The van der Waals surface area contributed by atoms with Gasteiger partial charge in [0.05, 0.1) is 5.02 Å². The van der Waals surface area contributed by atoms with Crippen molar-refractivity contribution in [3.63, 3.8) is 0 Å². The van der Waals surface area contributed by atoms with Gasteiger partial charge in [0, 0.05) is 17.0 Å². The molecule has 7 heteroatoms. The van der Waals surface area contributed by atoms with Crippen molar-refractivity contribution in [2.75, 3.05) is 0 Å². The lowest BCUT2D eigenvalue weighted by Crippen LogP contribution is -2.17. The van der Waals surface area contributed by atoms with Gasteiger partial charge in [-0.15, -0.1) is 5.10 Å². The standard InChI is InChI=1S/C12H12ClN3O2S/c1-2-6-16-11(18)14-15-12(16)19-10-5-3-4-9(13)8(10)7-17/h3-5,7H,2,6H2,1H3,(H,14,18). The third-order valence-electron chi connectivity index (χ3n) is 2.50. The highest BCUT2D eigenvalue weighted by molar-refractivity contribution is 7.99. The van der Waals surface area contributed by atoms with Crippen LogP contribution in [0.15, 0.2) is 33.0 Å². The lowest BCUT2D eigenvalue weighted by atomic mass is 10.2. The molecular weight excluding hydrogens is 286 g/mol. The van der Waals surface area contributed by atoms with Gasteiger partial charge in [0.1, 0.15) is 0 Å². The first-order chi connectivity index (χ1) is 9.17. The molecule has 0 saturated heterocycles. The first-order valence-corrected chi connectivity index (χ1v) is 6.93. The molecule has 0 saturated carbocycles. The molecule has 0 bridgehead atoms. The van der Waals surface area contributed by atoms with Crippen LogP contribution < -0.4 is 5.69 Å². The lowest BCUT2D eigenvalue weighted by molar-refractivity contribution is 0.112. The van der Waals surface area contributed by atoms with Gasteiger partial charge >= 0.3 is 5.69 Å². The smallest absolute Gasteiger partial charge is 0.298 e. The van der Waals surface area contributed by atoms with Gasteiger partial charge in [0.15, 0.2) is 11.4 Å². The molecule has 1 aromatic carbocycles. The van der Waals surface area contributed by atoms with Crippen molar-refractivity contribution < 1.29 is 4.79 Å². The number of nitrogens with one attached hydrogen (secondary N) is 1. The minimum atomic E-state index is -0.251. The molecule has 0 radical (unpaired) electrons. The van der Waals surface area contributed by atoms with Crippen LogP contribution in [-0.2, 0) is 6.54 Å². The Morgan fingerprint density at radius 3 is 3.00 bits per heavy atom. The number of aromatic amines is 1. The predicted octanol–water partition coefficient (Wildman–Crippen LogP) is 2.60. The molecule has 2 rings (SSSR count). The maximum Gasteiger partial charge on any atom is 0.343 e. The molecule has 0 spiro atoms. The number of aldehydes is 1. The van der Waals surface area contributed by atoms with Crippen molar-refractivity contribution in [3.05, 3.63) is 39.3 Å². The van der Waals surface area contributed by atoms with Crippen molar-refractivity contribution in [3.8, 4) is 0 Å². The zero-order chi connectivity index (χ0) is 13.8. The Morgan fingerprint density at radius 1 is 1.53 bits per heavy atom. The van der Waals surface area contributed by atoms with E-state index in [9.17, 15) is 9.59 Å². The van der Waals surface area contributed by atoms with Crippen molar-refractivity contribution >= 4 is 29.6 Å². The van der Waals surface area contributed by atoms with Gasteiger partial charge in [-0.3, -0.25) is 9.36 Å². The van der Waals surface area contributed by atoms with E-state index in [2.05, 4.69) is 10.2 Å². The summed E-state index contributed by atoms with van der Waals surface area (Å²) in [6, 6.07) is 5.18. The molecule has 1 heterocycles. The summed E-state index contributed by atoms with van der Waals surface area (Å²) >= 11 is 7.21. The number of carbonyl (C=O) groups is 1. The number of hydrogen-bond donors (Lipinski definition) is 1. The molecule has 0 aliphatic carbocycles. The molecule has 1 N–H and O–H groups in total. The van der Waals surface area contributed by atoms with Crippen LogP contribution in [0.5, 0.6) is 0 Å². The lowest BCUT2D eigenvalue weighted by Gasteiger charge is -2.06. The van der Waals surface area contributed by atoms with Crippen LogP contribution in [0.25, 0.3) is 0 Å². The van der Waals surface area contributed by atoms with E-state index in [1.807, 2.05) is 6.92 Å². The molecule has 2 aromatic rings. The van der Waals surface area contributed by atoms with Gasteiger partial charge in [0.25, 0.3) is 0 Å². The van der Waals surface area contributed by atoms with Gasteiger partial charge in [-0.05, 0) is 30.3 Å². The minimum absolute atomic E-state index is 0.251. The van der Waals surface area contributed by atoms with E-state index >= 15 is 0 Å². The summed E-state index contributed by atoms with van der Waals surface area (Å²) in [5, 5.41) is 7.29. The van der Waals surface area contributed by atoms with Crippen LogP contribution in [0.4, 0.5) is 0 Å². The van der Waals surface area contributed by atoms with Gasteiger partial charge in [-0.25, -0.2) is 9.89 Å². The van der Waals surface area contributed by atoms with E-state index < -0.39 is 0 Å². The number of aromatic nitrogens is 3. The number of rotatable bonds is 5. The van der Waals surface area contributed by atoms with Crippen LogP contribution in [0.1, 0.15) is 23.7 Å². The van der Waals surface area contributed by atoms with Crippen molar-refractivity contribution in [1.29, 1.82) is 0 Å². The third-order valence-corrected chi connectivity index (χ3v) is 3.90. The monoisotopic (exact) mass is 297 g/mol. The SMILES string of the molecule is CCCn1c(Sc2cccc(Cl)c2C=O)n[nH]c1=O. The largest absolute Gasteiger partial charge is 0.343 e. The summed E-state index contributed by atoms with van der Waals surface area (Å²) in [7, 11) is 0. The van der Waals surface area contributed by atoms with Crippen molar-refractivity contribution in [2.45, 2.75) is 29.9 Å². The first-order valence-electron chi connectivity index (χ1n) is 5.74. The summed E-state index contributed by atoms with van der Waals surface area (Å²) in [5.41, 5.74) is 0.159. The maximum atomic E-state index is 11.6. The molecular formula is C12H12ClN3O2S. The van der Waals surface area contributed by atoms with E-state index in [1.54, 1.807) is 22.8 Å². The third kappa shape index (κ3) is 2.90. The number of benzene rings is 1. The number of hydrogen-bond acceptors (Lipinski definition) is 4. The second-order valence-electron chi connectivity index (χ2n) is 3.83. The number of halogens is 1. The van der Waals surface area contributed by atoms with Gasteiger partial charge in [-0.2, -0.15) is 0 Å². The fraction of sp³-hybridized carbons (Fsp3) is 0.250. The maximum absolute atomic E-state index is 11.6. The molecule has 19 heavy (non-hydrogen) atoms. The average molecular weight is 298 g/mol. The highest BCUT2D eigenvalue weighted by atomic mass is 35.5. The normalized spacial score (nSPS) is 10.6. The van der Waals surface area contributed by atoms with Crippen molar-refractivity contribution in [2.24, 2.45) is 0 Å². The highest BCUT2D eigenvalue weighted by Gasteiger charge is 2.13. The Kier molecular flexibility index (Phi) is 4.44. The Bertz CT molecular complexity index is 651. The zero-order valence-corrected chi connectivity index (χ0v) is 11.8. The van der Waals surface area contributed by atoms with Crippen LogP contribution in [0.3, 0.4) is 0 Å². The molecule has 0 atom stereocenters. The molecule has 0 aliphatic rings. The van der Waals surface area contributed by atoms with E-state index in [1.165, 1.54) is 11.8 Å². The molecule has 0 amide bonds. The Hall–Kier alpha value is -1.53. The Morgan fingerprint density at radius 2 is 2.32 bits per heavy atom. The zero-order valence-electron chi connectivity index (χ0n) is 10.2. The molecule has 1 aromatic heterocycles. The molecule has 0 unspecified atom stereocenters. The fourth-order valence-corrected chi connectivity index (χ4v) is 2.88. The average Bonchev–Trinajstić information content (AvgIpc) is 2.72. The van der Waals surface area contributed by atoms with Gasteiger partial charge < -0.3 is 0 Å². The Labute approximate surface area is 119 Å². The quantitative estimate of drug-likeness (QED) is 0.861. The van der Waals surface area contributed by atoms with Gasteiger partial charge in [0.2, 0.25) is 0 Å². The van der Waals surface area contributed by atoms with Crippen LogP contribution in [0.2, 0.25) is 5.02 Å². The Balaban J connectivity index is 2.39. The molecule has 5 nitrogen and oxygen atoms in total. The first kappa shape index (κ1) is 13.9. The number of nitrogens with zero attached hydrogens (tertiary/aromatic N) is 2. The number of carbonyl (C=O) groups excluding carboxylic acids is 1. The van der Waals surface area contributed by atoms with E-state index in [0.717, 1.165) is 6.42 Å². The summed E-state index contributed by atoms with van der Waals surface area (Å²) in [6.45, 7) is 2.55. The molecule has 100 valence electrons. The predicted molar refractivity (Wildman–Crippen MR) is 74.1 cm³/mol. The van der Waals surface area contributed by atoms with E-state index in [-0.39, 0.29) is 5.69 Å². The number of H-pyrrole nitrogens is 1. The summed E-state index contributed by atoms with van der Waals surface area (Å²) in [4.78, 5) is 23.3. The summed E-state index contributed by atoms with van der Waals surface area (Å²) in [5.74, 6) is 0. The topological polar surface area (TPSA) is 67.8 Å². The van der Waals surface area contributed by atoms with Crippen molar-refractivity contribution in [1.82, 2.24) is 14.8 Å². The fourth-order valence-electron chi connectivity index (χ4n) is 1.62. The second-order valence-corrected chi connectivity index (χ2v) is 5.25. The highest BCUT2D eigenvalue weighted by Crippen LogP contribution is 2.31. The summed E-state index contributed by atoms with van der Waals surface area (Å²) in [6.07, 6.45) is 1.53. The second kappa shape index (κ2) is 6.08. The van der Waals surface area contributed by atoms with Crippen LogP contribution >= 0.6 is 23.4 Å². The van der Waals surface area contributed by atoms with E-state index in [4.69, 9.17) is 11.6 Å². The van der Waals surface area contributed by atoms with E-state index in [0.29, 0.717) is 33.5 Å². The van der Waals surface area contributed by atoms with Gasteiger partial charge in [-0.1, -0.05) is 24.6 Å². The molecule has 0 fully saturated rings. The molecule has 0 aliphatic heterocycles. The summed E-state index contributed by atoms with van der Waals surface area (Å²) < 4.78 is 1.54.